The van der Waals surface area contributed by atoms with Gasteiger partial charge in [0.1, 0.15) is 0 Å². The Labute approximate surface area is 82.5 Å². The van der Waals surface area contributed by atoms with Gasteiger partial charge in [0.25, 0.3) is 0 Å². The van der Waals surface area contributed by atoms with Crippen molar-refractivity contribution in [3.8, 4) is 0 Å². The standard InChI is InChI=1S/C3H6O3.C3H4O2.Zn/c1-2(4)3(5)6;1-2-3(4)5;/h2,4H,1H3,(H,5,6);2H,1H2,(H,4,5);/q;;+2/p-2. The van der Waals surface area contributed by atoms with Crippen LogP contribution in [0.1, 0.15) is 6.92 Å². The molecule has 0 aliphatic heterocycles. The van der Waals surface area contributed by atoms with Crippen LogP contribution in [-0.4, -0.2) is 23.1 Å². The summed E-state index contributed by atoms with van der Waals surface area (Å²) in [5, 5.41) is 26.4. The molecule has 1 atom stereocenters. The van der Waals surface area contributed by atoms with Crippen LogP contribution >= 0.6 is 0 Å². The minimum atomic E-state index is -1.44. The van der Waals surface area contributed by atoms with Crippen molar-refractivity contribution in [2.75, 3.05) is 0 Å². The van der Waals surface area contributed by atoms with Gasteiger partial charge in [0.05, 0.1) is 18.0 Å². The molecule has 12 heavy (non-hydrogen) atoms. The van der Waals surface area contributed by atoms with E-state index < -0.39 is 18.0 Å². The van der Waals surface area contributed by atoms with E-state index in [-0.39, 0.29) is 19.5 Å². The molecule has 0 radical (unpaired) electrons. The fraction of sp³-hybridized carbons (Fsp3) is 0.333. The van der Waals surface area contributed by atoms with Crippen molar-refractivity contribution in [3.63, 3.8) is 0 Å². The van der Waals surface area contributed by atoms with Gasteiger partial charge >= 0.3 is 19.5 Å². The number of aliphatic hydroxyl groups excluding tert-OH is 1. The summed E-state index contributed by atoms with van der Waals surface area (Å²) < 4.78 is 0. The van der Waals surface area contributed by atoms with Gasteiger partial charge in [-0.3, -0.25) is 0 Å². The molecule has 0 aromatic carbocycles. The zero-order valence-corrected chi connectivity index (χ0v) is 9.62. The third-order valence-corrected chi connectivity index (χ3v) is 0.508. The van der Waals surface area contributed by atoms with Crippen LogP contribution in [0.4, 0.5) is 0 Å². The Hall–Kier alpha value is -0.737. The molecule has 64 valence electrons. The Bertz CT molecular complexity index is 154. The Balaban J connectivity index is -0.000000126. The van der Waals surface area contributed by atoms with Crippen molar-refractivity contribution in [3.05, 3.63) is 12.7 Å². The summed E-state index contributed by atoms with van der Waals surface area (Å²) in [4.78, 5) is 18.5. The Morgan fingerprint density at radius 3 is 1.67 bits per heavy atom. The molecule has 0 saturated heterocycles. The molecule has 6 heteroatoms. The molecule has 5 nitrogen and oxygen atoms in total. The van der Waals surface area contributed by atoms with E-state index in [2.05, 4.69) is 6.58 Å². The molecule has 0 rings (SSSR count). The van der Waals surface area contributed by atoms with Gasteiger partial charge in [0.2, 0.25) is 0 Å². The number of carboxylic acid groups (broad SMARTS) is 2. The van der Waals surface area contributed by atoms with Crippen molar-refractivity contribution in [1.82, 2.24) is 0 Å². The summed E-state index contributed by atoms with van der Waals surface area (Å²) in [6.07, 6.45) is -0.620. The largest absolute Gasteiger partial charge is 2.00 e. The van der Waals surface area contributed by atoms with Crippen molar-refractivity contribution >= 4 is 11.9 Å². The monoisotopic (exact) mass is 224 g/mol. The van der Waals surface area contributed by atoms with Crippen LogP contribution in [-0.2, 0) is 29.1 Å². The molecule has 0 fully saturated rings. The van der Waals surface area contributed by atoms with Crippen LogP contribution < -0.4 is 10.2 Å². The third-order valence-electron chi connectivity index (χ3n) is 0.508. The van der Waals surface area contributed by atoms with Crippen LogP contribution in [0.3, 0.4) is 0 Å². The number of aliphatic hydroxyl groups is 1. The molecule has 0 spiro atoms. The predicted molar refractivity (Wildman–Crippen MR) is 31.9 cm³/mol. The summed E-state index contributed by atoms with van der Waals surface area (Å²) in [6.45, 7) is 4.03. The number of carbonyl (C=O) groups excluding carboxylic acids is 2. The van der Waals surface area contributed by atoms with Crippen molar-refractivity contribution in [2.24, 2.45) is 0 Å². The topological polar surface area (TPSA) is 100 Å². The minimum absolute atomic E-state index is 0. The maximum absolute atomic E-state index is 9.34. The van der Waals surface area contributed by atoms with E-state index in [0.717, 1.165) is 13.0 Å². The van der Waals surface area contributed by atoms with E-state index in [1.165, 1.54) is 0 Å². The van der Waals surface area contributed by atoms with Crippen LogP contribution in [0.2, 0.25) is 0 Å². The molecule has 0 aliphatic rings. The van der Waals surface area contributed by atoms with Gasteiger partial charge in [0, 0.05) is 0 Å². The van der Waals surface area contributed by atoms with E-state index in [4.69, 9.17) is 15.0 Å². The first-order valence-electron chi connectivity index (χ1n) is 2.64. The molecule has 0 bridgehead atoms. The van der Waals surface area contributed by atoms with E-state index in [0.29, 0.717) is 0 Å². The second-order valence-corrected chi connectivity index (χ2v) is 1.52. The number of hydrogen-bond acceptors (Lipinski definition) is 5. The average molecular weight is 226 g/mol. The zero-order chi connectivity index (χ0) is 9.44. The summed E-state index contributed by atoms with van der Waals surface area (Å²) in [7, 11) is 0. The van der Waals surface area contributed by atoms with Crippen LogP contribution in [0.15, 0.2) is 12.7 Å². The average Bonchev–Trinajstić information content (AvgIpc) is 1.89. The molecule has 0 amide bonds. The summed E-state index contributed by atoms with van der Waals surface area (Å²) >= 11 is 0. The maximum Gasteiger partial charge on any atom is 2.00 e. The van der Waals surface area contributed by atoms with E-state index in [1.807, 2.05) is 0 Å². The van der Waals surface area contributed by atoms with Crippen LogP contribution in [0.5, 0.6) is 0 Å². The first-order valence-corrected chi connectivity index (χ1v) is 2.64. The summed E-state index contributed by atoms with van der Waals surface area (Å²) in [6, 6.07) is 0. The van der Waals surface area contributed by atoms with Gasteiger partial charge in [0.15, 0.2) is 0 Å². The SMILES string of the molecule is C=CC(=O)[O-].CC(O)C(=O)[O-].[Zn+2]. The van der Waals surface area contributed by atoms with Gasteiger partial charge in [-0.2, -0.15) is 0 Å². The molecule has 0 saturated carbocycles. The van der Waals surface area contributed by atoms with Crippen molar-refractivity contribution in [2.45, 2.75) is 13.0 Å². The van der Waals surface area contributed by atoms with Crippen molar-refractivity contribution in [1.29, 1.82) is 0 Å². The molecule has 1 N–H and O–H groups in total. The van der Waals surface area contributed by atoms with E-state index in [9.17, 15) is 9.90 Å². The van der Waals surface area contributed by atoms with Crippen molar-refractivity contribution < 1.29 is 44.4 Å². The number of carboxylic acids is 2. The molecule has 0 aliphatic carbocycles. The van der Waals surface area contributed by atoms with Gasteiger partial charge < -0.3 is 24.9 Å². The predicted octanol–water partition coefficient (Wildman–Crippen LogP) is -2.96. The molecule has 0 aromatic rings. The Morgan fingerprint density at radius 2 is 1.67 bits per heavy atom. The minimum Gasteiger partial charge on any atom is -0.547 e. The number of carbonyl (C=O) groups is 2. The first-order chi connectivity index (χ1) is 4.91. The second-order valence-electron chi connectivity index (χ2n) is 1.52. The van der Waals surface area contributed by atoms with Gasteiger partial charge in [-0.15, -0.1) is 0 Å². The third kappa shape index (κ3) is 22.8. The molecule has 1 unspecified atom stereocenters. The Morgan fingerprint density at radius 1 is 1.50 bits per heavy atom. The number of hydrogen-bond donors (Lipinski definition) is 1. The summed E-state index contributed by atoms with van der Waals surface area (Å²) in [5.41, 5.74) is 0. The summed E-state index contributed by atoms with van der Waals surface area (Å²) in [5.74, 6) is -2.67. The molecular weight excluding hydrogens is 217 g/mol. The van der Waals surface area contributed by atoms with Gasteiger partial charge in [-0.25, -0.2) is 0 Å². The number of rotatable bonds is 2. The normalized spacial score (nSPS) is 9.50. The molecular formula is C6H8O5Zn. The quantitative estimate of drug-likeness (QED) is 0.400. The number of aliphatic carboxylic acids is 2. The van der Waals surface area contributed by atoms with Crippen LogP contribution in [0.25, 0.3) is 0 Å². The van der Waals surface area contributed by atoms with Crippen LogP contribution in [0, 0.1) is 0 Å². The smallest absolute Gasteiger partial charge is 0.547 e. The van der Waals surface area contributed by atoms with E-state index >= 15 is 0 Å². The van der Waals surface area contributed by atoms with E-state index in [1.54, 1.807) is 0 Å². The zero-order valence-electron chi connectivity index (χ0n) is 6.65. The fourth-order valence-electron chi connectivity index (χ4n) is 0. The first kappa shape index (κ1) is 17.4. The second kappa shape index (κ2) is 10.3. The molecule has 0 aromatic heterocycles. The fourth-order valence-corrected chi connectivity index (χ4v) is 0. The van der Waals surface area contributed by atoms with Gasteiger partial charge in [-0.05, 0) is 13.0 Å². The maximum atomic E-state index is 9.34. The van der Waals surface area contributed by atoms with Gasteiger partial charge in [-0.1, -0.05) is 6.58 Å². The molecule has 0 heterocycles. The Kier molecular flexibility index (Phi) is 14.9.